The molecule has 4 heterocycles. The van der Waals surface area contributed by atoms with Crippen LogP contribution in [-0.2, 0) is 0 Å². The van der Waals surface area contributed by atoms with Crippen LogP contribution in [0.2, 0.25) is 0 Å². The van der Waals surface area contributed by atoms with Crippen molar-refractivity contribution in [1.82, 2.24) is 19.9 Å². The van der Waals surface area contributed by atoms with Gasteiger partial charge in [0, 0.05) is 50.6 Å². The number of nitrogens with zero attached hydrogens (tertiary/aromatic N) is 4. The zero-order chi connectivity index (χ0) is 33.0. The maximum Gasteiger partial charge on any atom is 0.167 e. The number of benzene rings is 6. The Labute approximate surface area is 286 Å². The van der Waals surface area contributed by atoms with Gasteiger partial charge in [0.1, 0.15) is 22.3 Å². The quantitative estimate of drug-likeness (QED) is 0.186. The molecule has 6 heteroatoms. The molecule has 0 aliphatic carbocycles. The van der Waals surface area contributed by atoms with E-state index in [-0.39, 0.29) is 0 Å². The molecule has 6 nitrogen and oxygen atoms in total. The SMILES string of the molecule is c1ccc(-c2nc(-c3ccccc3-c3cccnc3)nc(-c3ccc(-c4cccc5oc6ccccc6c45)c4c3oc3ccccc34)n2)cc1. The zero-order valence-corrected chi connectivity index (χ0v) is 26.6. The molecule has 234 valence electrons. The van der Waals surface area contributed by atoms with Crippen LogP contribution in [-0.4, -0.2) is 19.9 Å². The third kappa shape index (κ3) is 4.50. The second kappa shape index (κ2) is 11.4. The lowest BCUT2D eigenvalue weighted by Gasteiger charge is -2.13. The Hall–Kier alpha value is -6.92. The van der Waals surface area contributed by atoms with Gasteiger partial charge >= 0.3 is 0 Å². The lowest BCUT2D eigenvalue weighted by atomic mass is 9.93. The number of furan rings is 2. The standard InChI is InChI=1S/C44H26N4O2/c1-2-12-27(13-3-1)42-46-43(32-16-5-4-15-29(32)28-14-11-25-45-26-28)48-44(47-42)35-24-23-31(40-34-18-7-9-21-37(34)50-41(35)40)30-19-10-22-38-39(30)33-17-6-8-20-36(33)49-38/h1-26H. The topological polar surface area (TPSA) is 77.8 Å². The van der Waals surface area contributed by atoms with E-state index in [1.165, 1.54) is 0 Å². The first kappa shape index (κ1) is 28.1. The van der Waals surface area contributed by atoms with Gasteiger partial charge in [0.05, 0.1) is 5.56 Å². The van der Waals surface area contributed by atoms with Gasteiger partial charge in [-0.2, -0.15) is 0 Å². The summed E-state index contributed by atoms with van der Waals surface area (Å²) in [6.07, 6.45) is 3.64. The summed E-state index contributed by atoms with van der Waals surface area (Å²) in [6.45, 7) is 0. The molecule has 6 aromatic carbocycles. The molecule has 0 saturated heterocycles. The Bertz CT molecular complexity index is 2880. The van der Waals surface area contributed by atoms with Crippen molar-refractivity contribution in [2.75, 3.05) is 0 Å². The van der Waals surface area contributed by atoms with Crippen LogP contribution in [0.5, 0.6) is 0 Å². The van der Waals surface area contributed by atoms with Gasteiger partial charge in [-0.15, -0.1) is 0 Å². The van der Waals surface area contributed by atoms with Gasteiger partial charge in [-0.3, -0.25) is 4.98 Å². The molecule has 0 unspecified atom stereocenters. The van der Waals surface area contributed by atoms with Gasteiger partial charge in [0.2, 0.25) is 0 Å². The minimum atomic E-state index is 0.525. The lowest BCUT2D eigenvalue weighted by Crippen LogP contribution is -2.01. The first-order chi connectivity index (χ1) is 24.8. The predicted octanol–water partition coefficient (Wildman–Crippen LogP) is 11.4. The van der Waals surface area contributed by atoms with Crippen molar-refractivity contribution in [2.24, 2.45) is 0 Å². The molecule has 10 aromatic rings. The summed E-state index contributed by atoms with van der Waals surface area (Å²) in [5, 5.41) is 4.16. The van der Waals surface area contributed by atoms with Crippen LogP contribution in [0.3, 0.4) is 0 Å². The second-order valence-corrected chi connectivity index (χ2v) is 12.2. The van der Waals surface area contributed by atoms with Crippen LogP contribution in [0.15, 0.2) is 167 Å². The van der Waals surface area contributed by atoms with Gasteiger partial charge in [-0.1, -0.05) is 115 Å². The highest BCUT2D eigenvalue weighted by molar-refractivity contribution is 6.21. The third-order valence-electron chi connectivity index (χ3n) is 9.27. The van der Waals surface area contributed by atoms with Gasteiger partial charge in [-0.05, 0) is 47.0 Å². The maximum atomic E-state index is 6.73. The van der Waals surface area contributed by atoms with Crippen molar-refractivity contribution in [1.29, 1.82) is 0 Å². The molecule has 0 N–H and O–H groups in total. The number of rotatable bonds is 5. The minimum Gasteiger partial charge on any atom is -0.456 e. The molecule has 10 rings (SSSR count). The largest absolute Gasteiger partial charge is 0.456 e. The van der Waals surface area contributed by atoms with E-state index in [0.717, 1.165) is 77.2 Å². The van der Waals surface area contributed by atoms with Crippen molar-refractivity contribution in [3.05, 3.63) is 158 Å². The van der Waals surface area contributed by atoms with Crippen LogP contribution >= 0.6 is 0 Å². The van der Waals surface area contributed by atoms with Crippen molar-refractivity contribution in [3.8, 4) is 56.4 Å². The van der Waals surface area contributed by atoms with Crippen LogP contribution in [0.1, 0.15) is 0 Å². The summed E-state index contributed by atoms with van der Waals surface area (Å²) in [5.74, 6) is 1.67. The molecule has 0 amide bonds. The van der Waals surface area contributed by atoms with E-state index in [1.807, 2.05) is 109 Å². The fourth-order valence-electron chi connectivity index (χ4n) is 7.01. The van der Waals surface area contributed by atoms with E-state index < -0.39 is 0 Å². The fourth-order valence-corrected chi connectivity index (χ4v) is 7.01. The number of fused-ring (bicyclic) bond motifs is 6. The van der Waals surface area contributed by atoms with Gasteiger partial charge in [0.15, 0.2) is 17.5 Å². The Balaban J connectivity index is 1.26. The van der Waals surface area contributed by atoms with E-state index in [2.05, 4.69) is 47.4 Å². The first-order valence-electron chi connectivity index (χ1n) is 16.5. The molecule has 50 heavy (non-hydrogen) atoms. The number of aromatic nitrogens is 4. The highest BCUT2D eigenvalue weighted by atomic mass is 16.3. The second-order valence-electron chi connectivity index (χ2n) is 12.2. The van der Waals surface area contributed by atoms with Crippen molar-refractivity contribution >= 4 is 43.9 Å². The average molecular weight is 643 g/mol. The average Bonchev–Trinajstić information content (AvgIpc) is 3.77. The fraction of sp³-hybridized carbons (Fsp3) is 0. The summed E-state index contributed by atoms with van der Waals surface area (Å²) >= 11 is 0. The third-order valence-corrected chi connectivity index (χ3v) is 9.27. The normalized spacial score (nSPS) is 11.6. The van der Waals surface area contributed by atoms with Crippen molar-refractivity contribution < 1.29 is 8.83 Å². The highest BCUT2D eigenvalue weighted by Gasteiger charge is 2.23. The smallest absolute Gasteiger partial charge is 0.167 e. The summed E-state index contributed by atoms with van der Waals surface area (Å²) in [6, 6.07) is 49.0. The number of hydrogen-bond donors (Lipinski definition) is 0. The van der Waals surface area contributed by atoms with E-state index in [0.29, 0.717) is 23.1 Å². The summed E-state index contributed by atoms with van der Waals surface area (Å²) in [7, 11) is 0. The highest BCUT2D eigenvalue weighted by Crippen LogP contribution is 2.45. The Kier molecular flexibility index (Phi) is 6.39. The van der Waals surface area contributed by atoms with Crippen LogP contribution in [0.25, 0.3) is 100 Å². The van der Waals surface area contributed by atoms with Gasteiger partial charge in [0.25, 0.3) is 0 Å². The van der Waals surface area contributed by atoms with Crippen LogP contribution < -0.4 is 0 Å². The van der Waals surface area contributed by atoms with E-state index in [1.54, 1.807) is 6.20 Å². The molecule has 4 aromatic heterocycles. The van der Waals surface area contributed by atoms with E-state index >= 15 is 0 Å². The number of hydrogen-bond acceptors (Lipinski definition) is 6. The Morgan fingerprint density at radius 1 is 0.360 bits per heavy atom. The summed E-state index contributed by atoms with van der Waals surface area (Å²) < 4.78 is 13.0. The minimum absolute atomic E-state index is 0.525. The number of pyridine rings is 1. The van der Waals surface area contributed by atoms with Crippen LogP contribution in [0.4, 0.5) is 0 Å². The Morgan fingerprint density at radius 3 is 1.74 bits per heavy atom. The molecular weight excluding hydrogens is 617 g/mol. The molecule has 0 spiro atoms. The maximum absolute atomic E-state index is 6.73. The monoisotopic (exact) mass is 642 g/mol. The summed E-state index contributed by atoms with van der Waals surface area (Å²) in [4.78, 5) is 19.7. The van der Waals surface area contributed by atoms with Gasteiger partial charge < -0.3 is 8.83 Å². The molecule has 0 aliphatic heterocycles. The lowest BCUT2D eigenvalue weighted by molar-refractivity contribution is 0.668. The molecule has 0 radical (unpaired) electrons. The van der Waals surface area contributed by atoms with Crippen molar-refractivity contribution in [3.63, 3.8) is 0 Å². The molecule has 0 aliphatic rings. The predicted molar refractivity (Wildman–Crippen MR) is 199 cm³/mol. The number of para-hydroxylation sites is 2. The van der Waals surface area contributed by atoms with E-state index in [4.69, 9.17) is 23.8 Å². The zero-order valence-electron chi connectivity index (χ0n) is 26.6. The van der Waals surface area contributed by atoms with Gasteiger partial charge in [-0.25, -0.2) is 15.0 Å². The summed E-state index contributed by atoms with van der Waals surface area (Å²) in [5.41, 5.74) is 9.86. The Morgan fingerprint density at radius 2 is 0.940 bits per heavy atom. The van der Waals surface area contributed by atoms with Crippen molar-refractivity contribution in [2.45, 2.75) is 0 Å². The molecule has 0 fully saturated rings. The molecule has 0 atom stereocenters. The van der Waals surface area contributed by atoms with Crippen LogP contribution in [0, 0.1) is 0 Å². The first-order valence-corrected chi connectivity index (χ1v) is 16.5. The molecular formula is C44H26N4O2. The van der Waals surface area contributed by atoms with E-state index in [9.17, 15) is 0 Å². The molecule has 0 saturated carbocycles. The molecule has 0 bridgehead atoms.